The van der Waals surface area contributed by atoms with E-state index < -0.39 is 0 Å². The largest absolute Gasteiger partial charge is 0.371 e. The van der Waals surface area contributed by atoms with E-state index in [2.05, 4.69) is 32.4 Å². The van der Waals surface area contributed by atoms with Gasteiger partial charge in [0.25, 0.3) is 0 Å². The second-order valence-electron chi connectivity index (χ2n) is 3.08. The average molecular weight is 284 g/mol. The Morgan fingerprint density at radius 1 is 1.33 bits per heavy atom. The van der Waals surface area contributed by atoms with Gasteiger partial charge in [0.15, 0.2) is 0 Å². The van der Waals surface area contributed by atoms with Crippen LogP contribution in [0.15, 0.2) is 40.4 Å². The molecule has 2 aromatic rings. The minimum atomic E-state index is 0.602. The fraction of sp³-hybridized carbons (Fsp3) is 0.182. The molecule has 2 rings (SSSR count). The van der Waals surface area contributed by atoms with Crippen molar-refractivity contribution in [1.82, 2.24) is 4.98 Å². The predicted molar refractivity (Wildman–Crippen MR) is 64.7 cm³/mol. The van der Waals surface area contributed by atoms with Crippen molar-refractivity contribution in [3.05, 3.63) is 50.9 Å². The van der Waals surface area contributed by atoms with Crippen molar-refractivity contribution in [3.63, 3.8) is 0 Å². The zero-order valence-electron chi connectivity index (χ0n) is 8.02. The molecule has 0 unspecified atom stereocenters. The van der Waals surface area contributed by atoms with E-state index in [-0.39, 0.29) is 0 Å². The molecule has 0 N–H and O–H groups in total. The summed E-state index contributed by atoms with van der Waals surface area (Å²) in [7, 11) is 0. The number of rotatable bonds is 4. The first-order chi connectivity index (χ1) is 7.34. The van der Waals surface area contributed by atoms with Gasteiger partial charge in [-0.3, -0.25) is 4.98 Å². The van der Waals surface area contributed by atoms with Crippen LogP contribution in [0.3, 0.4) is 0 Å². The monoisotopic (exact) mass is 283 g/mol. The summed E-state index contributed by atoms with van der Waals surface area (Å²) in [6.07, 6.45) is 3.59. The first-order valence-corrected chi connectivity index (χ1v) is 6.21. The van der Waals surface area contributed by atoms with Gasteiger partial charge < -0.3 is 4.74 Å². The lowest BCUT2D eigenvalue weighted by Crippen LogP contribution is -1.93. The Balaban J connectivity index is 1.83. The van der Waals surface area contributed by atoms with Gasteiger partial charge in [-0.1, -0.05) is 6.07 Å². The number of hydrogen-bond donors (Lipinski definition) is 0. The van der Waals surface area contributed by atoms with E-state index in [0.717, 1.165) is 10.0 Å². The van der Waals surface area contributed by atoms with Crippen LogP contribution in [-0.2, 0) is 18.0 Å². The van der Waals surface area contributed by atoms with Gasteiger partial charge in [0.05, 0.1) is 13.2 Å². The molecule has 0 amide bonds. The van der Waals surface area contributed by atoms with Crippen LogP contribution < -0.4 is 0 Å². The van der Waals surface area contributed by atoms with Gasteiger partial charge in [0.1, 0.15) is 0 Å². The lowest BCUT2D eigenvalue weighted by atomic mass is 10.3. The lowest BCUT2D eigenvalue weighted by molar-refractivity contribution is 0.109. The van der Waals surface area contributed by atoms with Crippen LogP contribution in [0.1, 0.15) is 10.4 Å². The molecular weight excluding hydrogens is 274 g/mol. The smallest absolute Gasteiger partial charge is 0.0813 e. The summed E-state index contributed by atoms with van der Waals surface area (Å²) in [6.45, 7) is 1.27. The lowest BCUT2D eigenvalue weighted by Gasteiger charge is -2.02. The quantitative estimate of drug-likeness (QED) is 0.855. The maximum atomic E-state index is 5.57. The number of aromatic nitrogens is 1. The van der Waals surface area contributed by atoms with Crippen molar-refractivity contribution in [3.8, 4) is 0 Å². The summed E-state index contributed by atoms with van der Waals surface area (Å²) >= 11 is 5.09. The zero-order valence-corrected chi connectivity index (χ0v) is 10.4. The molecule has 0 saturated carbocycles. The molecule has 0 aliphatic rings. The molecule has 2 nitrogen and oxygen atoms in total. The van der Waals surface area contributed by atoms with Crippen molar-refractivity contribution in [1.29, 1.82) is 0 Å². The molecule has 0 aliphatic carbocycles. The Hall–Kier alpha value is -0.710. The number of ether oxygens (including phenoxy) is 1. The predicted octanol–water partition coefficient (Wildman–Crippen LogP) is 3.62. The Labute approximate surface area is 101 Å². The summed E-state index contributed by atoms with van der Waals surface area (Å²) < 4.78 is 6.55. The maximum Gasteiger partial charge on any atom is 0.0813 e. The third-order valence-corrected chi connectivity index (χ3v) is 3.14. The Morgan fingerprint density at radius 2 is 2.27 bits per heavy atom. The van der Waals surface area contributed by atoms with Crippen molar-refractivity contribution in [2.75, 3.05) is 0 Å². The van der Waals surface area contributed by atoms with Gasteiger partial charge >= 0.3 is 0 Å². The highest BCUT2D eigenvalue weighted by atomic mass is 79.9. The van der Waals surface area contributed by atoms with Crippen LogP contribution in [-0.4, -0.2) is 4.98 Å². The van der Waals surface area contributed by atoms with E-state index >= 15 is 0 Å². The molecular formula is C11H10BrNOS. The van der Waals surface area contributed by atoms with Crippen LogP contribution in [0.4, 0.5) is 0 Å². The molecule has 0 atom stereocenters. The molecule has 0 saturated heterocycles. The summed E-state index contributed by atoms with van der Waals surface area (Å²) in [6, 6.07) is 6.12. The number of pyridine rings is 1. The highest BCUT2D eigenvalue weighted by molar-refractivity contribution is 9.10. The number of nitrogens with zero attached hydrogens (tertiary/aromatic N) is 1. The first-order valence-electron chi connectivity index (χ1n) is 4.54. The summed E-state index contributed by atoms with van der Waals surface area (Å²) in [5.41, 5.74) is 1.08. The van der Waals surface area contributed by atoms with Crippen LogP contribution in [0, 0.1) is 0 Å². The second kappa shape index (κ2) is 5.39. The van der Waals surface area contributed by atoms with Gasteiger partial charge in [-0.2, -0.15) is 0 Å². The molecule has 0 aliphatic heterocycles. The molecule has 0 radical (unpaired) electrons. The molecule has 0 aromatic carbocycles. The van der Waals surface area contributed by atoms with Crippen LogP contribution in [0.5, 0.6) is 0 Å². The molecule has 4 heteroatoms. The van der Waals surface area contributed by atoms with Gasteiger partial charge in [0, 0.05) is 21.7 Å². The topological polar surface area (TPSA) is 22.1 Å². The van der Waals surface area contributed by atoms with Gasteiger partial charge in [-0.25, -0.2) is 0 Å². The first kappa shape index (κ1) is 10.8. The van der Waals surface area contributed by atoms with Crippen molar-refractivity contribution < 1.29 is 4.74 Å². The van der Waals surface area contributed by atoms with E-state index in [4.69, 9.17) is 4.74 Å². The van der Waals surface area contributed by atoms with Crippen LogP contribution in [0.2, 0.25) is 0 Å². The highest BCUT2D eigenvalue weighted by Crippen LogP contribution is 2.13. The van der Waals surface area contributed by atoms with Crippen LogP contribution in [0.25, 0.3) is 0 Å². The molecule has 0 spiro atoms. The molecule has 2 heterocycles. The minimum Gasteiger partial charge on any atom is -0.371 e. The average Bonchev–Trinajstić information content (AvgIpc) is 2.71. The summed E-state index contributed by atoms with van der Waals surface area (Å²) in [5.74, 6) is 0. The second-order valence-corrected chi connectivity index (χ2v) is 5.03. The third kappa shape index (κ3) is 3.41. The van der Waals surface area contributed by atoms with E-state index in [1.54, 1.807) is 17.5 Å². The third-order valence-electron chi connectivity index (χ3n) is 1.85. The van der Waals surface area contributed by atoms with E-state index in [1.807, 2.05) is 18.3 Å². The van der Waals surface area contributed by atoms with Crippen molar-refractivity contribution in [2.45, 2.75) is 13.2 Å². The zero-order chi connectivity index (χ0) is 10.5. The standard InChI is InChI=1S/C11H10BrNOS/c12-10-4-9(5-13-6-10)7-14-8-11-2-1-3-15-11/h1-6H,7-8H2. The summed E-state index contributed by atoms with van der Waals surface area (Å²) in [5, 5.41) is 2.05. The van der Waals surface area contributed by atoms with E-state index in [0.29, 0.717) is 13.2 Å². The maximum absolute atomic E-state index is 5.57. The van der Waals surface area contributed by atoms with Gasteiger partial charge in [-0.15, -0.1) is 11.3 Å². The van der Waals surface area contributed by atoms with Gasteiger partial charge in [-0.05, 0) is 39.0 Å². The molecule has 0 bridgehead atoms. The SMILES string of the molecule is Brc1cncc(COCc2cccs2)c1. The highest BCUT2D eigenvalue weighted by Gasteiger charge is 1.97. The Morgan fingerprint density at radius 3 is 3.00 bits per heavy atom. The normalized spacial score (nSPS) is 10.5. The molecule has 2 aromatic heterocycles. The molecule has 0 fully saturated rings. The van der Waals surface area contributed by atoms with E-state index in [1.165, 1.54) is 4.88 Å². The summed E-state index contributed by atoms with van der Waals surface area (Å²) in [4.78, 5) is 5.32. The number of halogens is 1. The minimum absolute atomic E-state index is 0.602. The molecule has 15 heavy (non-hydrogen) atoms. The molecule has 78 valence electrons. The van der Waals surface area contributed by atoms with Crippen LogP contribution >= 0.6 is 27.3 Å². The fourth-order valence-corrected chi connectivity index (χ4v) is 2.25. The Kier molecular flexibility index (Phi) is 3.88. The fourth-order valence-electron chi connectivity index (χ4n) is 1.20. The van der Waals surface area contributed by atoms with Crippen molar-refractivity contribution >= 4 is 27.3 Å². The van der Waals surface area contributed by atoms with E-state index in [9.17, 15) is 0 Å². The van der Waals surface area contributed by atoms with Crippen molar-refractivity contribution in [2.24, 2.45) is 0 Å². The Bertz CT molecular complexity index is 416. The van der Waals surface area contributed by atoms with Gasteiger partial charge in [0.2, 0.25) is 0 Å². The number of thiophene rings is 1. The number of hydrogen-bond acceptors (Lipinski definition) is 3.